The van der Waals surface area contributed by atoms with E-state index in [0.29, 0.717) is 19.3 Å². The Morgan fingerprint density at radius 3 is 2.43 bits per heavy atom. The Labute approximate surface area is 136 Å². The first-order valence-electron chi connectivity index (χ1n) is 8.23. The van der Waals surface area contributed by atoms with Gasteiger partial charge in [-0.1, -0.05) is 12.8 Å². The molecule has 130 valence electrons. The van der Waals surface area contributed by atoms with E-state index in [4.69, 9.17) is 4.74 Å². The van der Waals surface area contributed by atoms with Gasteiger partial charge in [-0.15, -0.1) is 0 Å². The molecule has 0 spiro atoms. The number of hydrogen-bond acceptors (Lipinski definition) is 4. The lowest BCUT2D eigenvalue weighted by Crippen LogP contribution is -2.55. The molecule has 2 saturated heterocycles. The number of carbonyl (C=O) groups excluding carboxylic acids is 2. The van der Waals surface area contributed by atoms with Crippen LogP contribution in [0.3, 0.4) is 0 Å². The number of carbonyl (C=O) groups is 3. The maximum atomic E-state index is 12.8. The third-order valence-corrected chi connectivity index (χ3v) is 4.31. The molecule has 0 aromatic carbocycles. The molecule has 0 aliphatic carbocycles. The topological polar surface area (TPSA) is 95.9 Å². The molecule has 2 N–H and O–H groups in total. The molecule has 2 rings (SSSR count). The van der Waals surface area contributed by atoms with Crippen molar-refractivity contribution in [3.05, 3.63) is 0 Å². The summed E-state index contributed by atoms with van der Waals surface area (Å²) in [5.74, 6) is -1.28. The third kappa shape index (κ3) is 4.36. The second-order valence-corrected chi connectivity index (χ2v) is 7.31. The third-order valence-electron chi connectivity index (χ3n) is 4.31. The Morgan fingerprint density at radius 2 is 1.83 bits per heavy atom. The first-order valence-corrected chi connectivity index (χ1v) is 8.23. The maximum Gasteiger partial charge on any atom is 0.408 e. The average molecular weight is 326 g/mol. The van der Waals surface area contributed by atoms with E-state index in [1.165, 1.54) is 4.90 Å². The summed E-state index contributed by atoms with van der Waals surface area (Å²) in [7, 11) is 0. The van der Waals surface area contributed by atoms with Gasteiger partial charge >= 0.3 is 12.1 Å². The predicted octanol–water partition coefficient (Wildman–Crippen LogP) is 1.90. The predicted molar refractivity (Wildman–Crippen MR) is 82.9 cm³/mol. The van der Waals surface area contributed by atoms with E-state index in [-0.39, 0.29) is 11.9 Å². The number of hydrogen-bond donors (Lipinski definition) is 2. The molecular weight excluding hydrogens is 300 g/mol. The van der Waals surface area contributed by atoms with E-state index in [1.807, 2.05) is 0 Å². The second-order valence-electron chi connectivity index (χ2n) is 7.31. The molecule has 0 aromatic rings. The number of nitrogens with zero attached hydrogens (tertiary/aromatic N) is 1. The normalized spacial score (nSPS) is 28.6. The van der Waals surface area contributed by atoms with Gasteiger partial charge in [0.1, 0.15) is 17.7 Å². The van der Waals surface area contributed by atoms with Crippen LogP contribution in [0, 0.1) is 0 Å². The van der Waals surface area contributed by atoms with Gasteiger partial charge < -0.3 is 20.1 Å². The zero-order valence-electron chi connectivity index (χ0n) is 14.0. The van der Waals surface area contributed by atoms with E-state index in [9.17, 15) is 19.5 Å². The fraction of sp³-hybridized carbons (Fsp3) is 0.812. The molecule has 2 aliphatic heterocycles. The lowest BCUT2D eigenvalue weighted by Gasteiger charge is -2.34. The van der Waals surface area contributed by atoms with Gasteiger partial charge in [-0.25, -0.2) is 9.59 Å². The Kier molecular flexibility index (Phi) is 5.16. The first kappa shape index (κ1) is 17.6. The van der Waals surface area contributed by atoms with E-state index >= 15 is 0 Å². The molecule has 23 heavy (non-hydrogen) atoms. The number of fused-ring (bicyclic) bond motifs is 1. The zero-order chi connectivity index (χ0) is 17.2. The summed E-state index contributed by atoms with van der Waals surface area (Å²) in [6, 6.07) is -1.53. The van der Waals surface area contributed by atoms with Gasteiger partial charge in [0.05, 0.1) is 0 Å². The van der Waals surface area contributed by atoms with Crippen molar-refractivity contribution in [3.63, 3.8) is 0 Å². The molecule has 7 heteroatoms. The molecule has 3 atom stereocenters. The Morgan fingerprint density at radius 1 is 1.17 bits per heavy atom. The number of aliphatic carboxylic acids is 1. The van der Waals surface area contributed by atoms with Gasteiger partial charge in [-0.3, -0.25) is 4.79 Å². The molecule has 0 radical (unpaired) electrons. The lowest BCUT2D eigenvalue weighted by atomic mass is 9.99. The van der Waals surface area contributed by atoms with Crippen molar-refractivity contribution in [2.24, 2.45) is 0 Å². The summed E-state index contributed by atoms with van der Waals surface area (Å²) in [6.45, 7) is 5.26. The molecule has 0 aromatic heterocycles. The van der Waals surface area contributed by atoms with Crippen molar-refractivity contribution in [1.82, 2.24) is 10.2 Å². The van der Waals surface area contributed by atoms with Crippen LogP contribution in [0.4, 0.5) is 4.79 Å². The highest BCUT2D eigenvalue weighted by molar-refractivity contribution is 5.90. The minimum Gasteiger partial charge on any atom is -0.480 e. The zero-order valence-corrected chi connectivity index (χ0v) is 14.0. The smallest absolute Gasteiger partial charge is 0.408 e. The van der Waals surface area contributed by atoms with Gasteiger partial charge in [0.15, 0.2) is 0 Å². The highest BCUT2D eigenvalue weighted by Crippen LogP contribution is 2.31. The Balaban J connectivity index is 2.11. The summed E-state index contributed by atoms with van der Waals surface area (Å²) < 4.78 is 5.21. The van der Waals surface area contributed by atoms with Gasteiger partial charge in [0.25, 0.3) is 0 Å². The van der Waals surface area contributed by atoms with Crippen LogP contribution < -0.4 is 5.32 Å². The van der Waals surface area contributed by atoms with Crippen LogP contribution >= 0.6 is 0 Å². The second kappa shape index (κ2) is 6.76. The summed E-state index contributed by atoms with van der Waals surface area (Å²) in [4.78, 5) is 37.6. The molecule has 7 nitrogen and oxygen atoms in total. The average Bonchev–Trinajstić information content (AvgIpc) is 2.81. The van der Waals surface area contributed by atoms with Gasteiger partial charge in [0, 0.05) is 6.04 Å². The minimum atomic E-state index is -0.975. The Bertz CT molecular complexity index is 485. The van der Waals surface area contributed by atoms with Crippen LogP contribution in [0.1, 0.15) is 59.3 Å². The molecular formula is C16H26N2O5. The highest BCUT2D eigenvalue weighted by Gasteiger charge is 2.44. The van der Waals surface area contributed by atoms with Crippen molar-refractivity contribution in [1.29, 1.82) is 0 Å². The van der Waals surface area contributed by atoms with Crippen molar-refractivity contribution in [2.45, 2.75) is 83.0 Å². The van der Waals surface area contributed by atoms with E-state index in [2.05, 4.69) is 5.32 Å². The van der Waals surface area contributed by atoms with E-state index in [1.54, 1.807) is 20.8 Å². The Hall–Kier alpha value is -1.79. The quantitative estimate of drug-likeness (QED) is 0.808. The van der Waals surface area contributed by atoms with Crippen molar-refractivity contribution in [3.8, 4) is 0 Å². The van der Waals surface area contributed by atoms with Crippen LogP contribution in [-0.4, -0.2) is 51.7 Å². The molecule has 2 fully saturated rings. The molecule has 0 bridgehead atoms. The minimum absolute atomic E-state index is 0.0353. The highest BCUT2D eigenvalue weighted by atomic mass is 16.6. The number of amides is 2. The SMILES string of the molecule is CC(C)(C)OC(=O)NC1CCCC[C@H]2CCC(C(=O)O)N2C1=O. The molecule has 2 unspecified atom stereocenters. The van der Waals surface area contributed by atoms with Crippen molar-refractivity contribution >= 4 is 18.0 Å². The lowest BCUT2D eigenvalue weighted by molar-refractivity contribution is -0.151. The molecule has 2 amide bonds. The van der Waals surface area contributed by atoms with Crippen LogP contribution in [-0.2, 0) is 14.3 Å². The van der Waals surface area contributed by atoms with Crippen molar-refractivity contribution < 1.29 is 24.2 Å². The summed E-state index contributed by atoms with van der Waals surface area (Å²) in [5.41, 5.74) is -0.644. The standard InChI is InChI=1S/C16H26N2O5/c1-16(2,3)23-15(22)17-11-7-5-4-6-10-8-9-12(14(20)21)18(10)13(11)19/h10-12H,4-9H2,1-3H3,(H,17,22)(H,20,21)/t10-,11?,12?/m0/s1. The summed E-state index contributed by atoms with van der Waals surface area (Å²) in [6.07, 6.45) is 3.63. The van der Waals surface area contributed by atoms with Gasteiger partial charge in [0.2, 0.25) is 5.91 Å². The number of alkyl carbamates (subject to hydrolysis) is 1. The number of rotatable bonds is 2. The van der Waals surface area contributed by atoms with Crippen LogP contribution in [0.25, 0.3) is 0 Å². The van der Waals surface area contributed by atoms with E-state index in [0.717, 1.165) is 19.3 Å². The van der Waals surface area contributed by atoms with Gasteiger partial charge in [-0.05, 0) is 46.5 Å². The molecule has 2 heterocycles. The summed E-state index contributed by atoms with van der Waals surface area (Å²) >= 11 is 0. The number of ether oxygens (including phenoxy) is 1. The van der Waals surface area contributed by atoms with Gasteiger partial charge in [-0.2, -0.15) is 0 Å². The number of carboxylic acid groups (broad SMARTS) is 1. The fourth-order valence-corrected chi connectivity index (χ4v) is 3.36. The summed E-state index contributed by atoms with van der Waals surface area (Å²) in [5, 5.41) is 12.0. The number of nitrogens with one attached hydrogen (secondary N) is 1. The molecule has 0 saturated carbocycles. The molecule has 2 aliphatic rings. The van der Waals surface area contributed by atoms with E-state index < -0.39 is 29.7 Å². The van der Waals surface area contributed by atoms with Crippen LogP contribution in [0.15, 0.2) is 0 Å². The fourth-order valence-electron chi connectivity index (χ4n) is 3.36. The van der Waals surface area contributed by atoms with Crippen molar-refractivity contribution in [2.75, 3.05) is 0 Å². The number of carboxylic acids is 1. The van der Waals surface area contributed by atoms with Crippen LogP contribution in [0.5, 0.6) is 0 Å². The maximum absolute atomic E-state index is 12.8. The van der Waals surface area contributed by atoms with Crippen LogP contribution in [0.2, 0.25) is 0 Å². The largest absolute Gasteiger partial charge is 0.480 e. The monoisotopic (exact) mass is 326 g/mol. The first-order chi connectivity index (χ1) is 10.7.